The highest BCUT2D eigenvalue weighted by atomic mass is 32.1. The van der Waals surface area contributed by atoms with Crippen LogP contribution in [0.25, 0.3) is 0 Å². The number of carbonyl (C=O) groups excluding carboxylic acids is 1. The number of nitrogens with zero attached hydrogens (tertiary/aromatic N) is 3. The van der Waals surface area contributed by atoms with Gasteiger partial charge in [0.25, 0.3) is 5.91 Å². The Bertz CT molecular complexity index is 366. The van der Waals surface area contributed by atoms with Crippen LogP contribution >= 0.6 is 11.5 Å². The summed E-state index contributed by atoms with van der Waals surface area (Å²) < 4.78 is 3.73. The van der Waals surface area contributed by atoms with Crippen molar-refractivity contribution in [1.29, 1.82) is 0 Å². The van der Waals surface area contributed by atoms with Gasteiger partial charge < -0.3 is 10.2 Å². The molecule has 2 aliphatic rings. The van der Waals surface area contributed by atoms with Crippen molar-refractivity contribution in [2.75, 3.05) is 19.6 Å². The maximum Gasteiger partial charge on any atom is 0.267 e. The Hall–Kier alpha value is -1.01. The summed E-state index contributed by atoms with van der Waals surface area (Å²) in [4.78, 5) is 14.7. The van der Waals surface area contributed by atoms with Crippen LogP contribution in [0.15, 0.2) is 6.20 Å². The highest BCUT2D eigenvalue weighted by Crippen LogP contribution is 2.28. The number of nitrogens with one attached hydrogen (secondary N) is 1. The highest BCUT2D eigenvalue weighted by molar-refractivity contribution is 7.07. The summed E-state index contributed by atoms with van der Waals surface area (Å²) in [5.41, 5.74) is 0. The van der Waals surface area contributed by atoms with Crippen molar-refractivity contribution < 1.29 is 4.79 Å². The maximum absolute atomic E-state index is 12.1. The molecule has 1 amide bonds. The van der Waals surface area contributed by atoms with E-state index < -0.39 is 0 Å². The van der Waals surface area contributed by atoms with E-state index in [4.69, 9.17) is 0 Å². The molecule has 2 atom stereocenters. The molecule has 6 heteroatoms. The molecule has 1 N–H and O–H groups in total. The molecule has 2 fully saturated rings. The summed E-state index contributed by atoms with van der Waals surface area (Å²) in [7, 11) is 0. The number of amides is 1. The third kappa shape index (κ3) is 1.44. The van der Waals surface area contributed by atoms with Gasteiger partial charge in [-0.1, -0.05) is 4.49 Å². The molecule has 0 aromatic carbocycles. The highest BCUT2D eigenvalue weighted by Gasteiger charge is 2.40. The normalized spacial score (nSPS) is 29.5. The molecule has 0 saturated carbocycles. The van der Waals surface area contributed by atoms with Gasteiger partial charge >= 0.3 is 0 Å². The summed E-state index contributed by atoms with van der Waals surface area (Å²) in [6, 6.07) is 0.389. The Labute approximate surface area is 91.6 Å². The van der Waals surface area contributed by atoms with Gasteiger partial charge in [0, 0.05) is 25.7 Å². The lowest BCUT2D eigenvalue weighted by atomic mass is 10.1. The van der Waals surface area contributed by atoms with Gasteiger partial charge in [-0.25, -0.2) is 0 Å². The predicted molar refractivity (Wildman–Crippen MR) is 55.7 cm³/mol. The number of hydrogen-bond donors (Lipinski definition) is 1. The molecule has 0 aliphatic carbocycles. The standard InChI is InChI=1S/C9H12N4OS/c14-9(8-5-11-12-15-8)13-2-1-6-3-10-4-7(6)13/h5-7,10H,1-4H2/t6-,7+/m0/s1. The van der Waals surface area contributed by atoms with E-state index in [1.54, 1.807) is 6.20 Å². The molecule has 1 aromatic heterocycles. The molecule has 0 unspecified atom stereocenters. The summed E-state index contributed by atoms with van der Waals surface area (Å²) in [6.45, 7) is 2.87. The van der Waals surface area contributed by atoms with E-state index >= 15 is 0 Å². The van der Waals surface area contributed by atoms with Crippen LogP contribution in [0.1, 0.15) is 16.1 Å². The van der Waals surface area contributed by atoms with Crippen LogP contribution in [0.3, 0.4) is 0 Å². The minimum absolute atomic E-state index is 0.0983. The zero-order valence-corrected chi connectivity index (χ0v) is 9.04. The topological polar surface area (TPSA) is 58.1 Å². The largest absolute Gasteiger partial charge is 0.333 e. The monoisotopic (exact) mass is 224 g/mol. The van der Waals surface area contributed by atoms with Gasteiger partial charge in [0.05, 0.1) is 6.20 Å². The van der Waals surface area contributed by atoms with Crippen molar-refractivity contribution in [2.45, 2.75) is 12.5 Å². The van der Waals surface area contributed by atoms with Gasteiger partial charge in [0.1, 0.15) is 4.88 Å². The van der Waals surface area contributed by atoms with Gasteiger partial charge in [-0.3, -0.25) is 4.79 Å². The lowest BCUT2D eigenvalue weighted by Gasteiger charge is -2.22. The molecular formula is C9H12N4OS. The Balaban J connectivity index is 1.80. The molecule has 2 saturated heterocycles. The first-order valence-electron chi connectivity index (χ1n) is 5.15. The molecule has 5 nitrogen and oxygen atoms in total. The van der Waals surface area contributed by atoms with E-state index in [2.05, 4.69) is 14.9 Å². The Morgan fingerprint density at radius 3 is 3.33 bits per heavy atom. The minimum atomic E-state index is 0.0983. The molecule has 15 heavy (non-hydrogen) atoms. The average Bonchev–Trinajstić information content (AvgIpc) is 2.94. The van der Waals surface area contributed by atoms with Crippen LogP contribution in [-0.2, 0) is 0 Å². The smallest absolute Gasteiger partial charge is 0.267 e. The number of likely N-dealkylation sites (tertiary alicyclic amines) is 1. The van der Waals surface area contributed by atoms with E-state index in [0.717, 1.165) is 26.1 Å². The fourth-order valence-corrected chi connectivity index (χ4v) is 2.98. The summed E-state index contributed by atoms with van der Waals surface area (Å²) in [5, 5.41) is 7.04. The van der Waals surface area contributed by atoms with Crippen LogP contribution in [0.2, 0.25) is 0 Å². The summed E-state index contributed by atoms with van der Waals surface area (Å²) >= 11 is 1.18. The SMILES string of the molecule is O=C(c1cnns1)N1CC[C@H]2CNC[C@H]21. The molecular weight excluding hydrogens is 212 g/mol. The van der Waals surface area contributed by atoms with E-state index in [1.807, 2.05) is 4.90 Å². The van der Waals surface area contributed by atoms with Crippen molar-refractivity contribution >= 4 is 17.4 Å². The molecule has 2 aliphatic heterocycles. The second-order valence-electron chi connectivity index (χ2n) is 4.05. The lowest BCUT2D eigenvalue weighted by Crippen LogP contribution is -2.38. The first-order chi connectivity index (χ1) is 7.36. The lowest BCUT2D eigenvalue weighted by molar-refractivity contribution is 0.0741. The molecule has 3 rings (SSSR count). The van der Waals surface area contributed by atoms with Crippen LogP contribution in [-0.4, -0.2) is 46.1 Å². The van der Waals surface area contributed by atoms with E-state index in [-0.39, 0.29) is 5.91 Å². The van der Waals surface area contributed by atoms with Gasteiger partial charge in [0.2, 0.25) is 0 Å². The predicted octanol–water partition coefficient (Wildman–Crippen LogP) is -0.0280. The van der Waals surface area contributed by atoms with Crippen molar-refractivity contribution in [1.82, 2.24) is 19.8 Å². The average molecular weight is 224 g/mol. The van der Waals surface area contributed by atoms with Gasteiger partial charge in [0.15, 0.2) is 0 Å². The van der Waals surface area contributed by atoms with Crippen LogP contribution in [0.4, 0.5) is 0 Å². The van der Waals surface area contributed by atoms with Crippen molar-refractivity contribution in [3.05, 3.63) is 11.1 Å². The summed E-state index contributed by atoms with van der Waals surface area (Å²) in [5.74, 6) is 0.746. The number of fused-ring (bicyclic) bond motifs is 1. The Morgan fingerprint density at radius 1 is 1.60 bits per heavy atom. The van der Waals surface area contributed by atoms with E-state index in [1.165, 1.54) is 11.5 Å². The molecule has 0 spiro atoms. The Morgan fingerprint density at radius 2 is 2.53 bits per heavy atom. The van der Waals surface area contributed by atoms with E-state index in [9.17, 15) is 4.79 Å². The maximum atomic E-state index is 12.1. The first kappa shape index (κ1) is 9.23. The summed E-state index contributed by atoms with van der Waals surface area (Å²) in [6.07, 6.45) is 2.68. The number of carbonyl (C=O) groups is 1. The fraction of sp³-hybridized carbons (Fsp3) is 0.667. The van der Waals surface area contributed by atoms with Crippen molar-refractivity contribution in [3.63, 3.8) is 0 Å². The number of rotatable bonds is 1. The van der Waals surface area contributed by atoms with Crippen molar-refractivity contribution in [2.24, 2.45) is 5.92 Å². The second kappa shape index (κ2) is 3.53. The van der Waals surface area contributed by atoms with Crippen LogP contribution in [0, 0.1) is 5.92 Å². The second-order valence-corrected chi connectivity index (χ2v) is 4.84. The van der Waals surface area contributed by atoms with Gasteiger partial charge in [-0.2, -0.15) is 0 Å². The van der Waals surface area contributed by atoms with Gasteiger partial charge in [-0.15, -0.1) is 5.10 Å². The van der Waals surface area contributed by atoms with Crippen LogP contribution in [0.5, 0.6) is 0 Å². The van der Waals surface area contributed by atoms with Crippen molar-refractivity contribution in [3.8, 4) is 0 Å². The zero-order valence-electron chi connectivity index (χ0n) is 8.22. The fourth-order valence-electron chi connectivity index (χ4n) is 2.50. The Kier molecular flexibility index (Phi) is 2.17. The van der Waals surface area contributed by atoms with Crippen LogP contribution < -0.4 is 5.32 Å². The van der Waals surface area contributed by atoms with Gasteiger partial charge in [-0.05, 0) is 23.9 Å². The zero-order chi connectivity index (χ0) is 10.3. The quantitative estimate of drug-likeness (QED) is 0.728. The molecule has 80 valence electrons. The third-order valence-electron chi connectivity index (χ3n) is 3.28. The molecule has 1 aromatic rings. The first-order valence-corrected chi connectivity index (χ1v) is 5.92. The molecule has 0 radical (unpaired) electrons. The van der Waals surface area contributed by atoms with E-state index in [0.29, 0.717) is 16.8 Å². The number of hydrogen-bond acceptors (Lipinski definition) is 5. The molecule has 0 bridgehead atoms. The molecule has 3 heterocycles. The minimum Gasteiger partial charge on any atom is -0.333 e. The third-order valence-corrected chi connectivity index (χ3v) is 3.93. The number of aromatic nitrogens is 2.